The number of amides is 1. The van der Waals surface area contributed by atoms with Gasteiger partial charge in [0, 0.05) is 26.3 Å². The number of nitrogen functional groups attached to an aromatic ring is 1. The SMILES string of the molecule is CCOCCN(CCOCC)C(=O)c1cc(Cl)ncc1N. The molecule has 0 aromatic carbocycles. The number of anilines is 1. The van der Waals surface area contributed by atoms with Crippen LogP contribution in [-0.4, -0.2) is 55.3 Å². The van der Waals surface area contributed by atoms with Gasteiger partial charge in [0.1, 0.15) is 5.15 Å². The molecule has 0 saturated heterocycles. The van der Waals surface area contributed by atoms with Crippen molar-refractivity contribution in [1.29, 1.82) is 0 Å². The number of carbonyl (C=O) groups excluding carboxylic acids is 1. The maximum atomic E-state index is 12.6. The number of pyridine rings is 1. The molecule has 1 aromatic heterocycles. The van der Waals surface area contributed by atoms with Crippen molar-refractivity contribution >= 4 is 23.2 Å². The third kappa shape index (κ3) is 5.87. The first-order valence-electron chi connectivity index (χ1n) is 6.95. The van der Waals surface area contributed by atoms with E-state index in [4.69, 9.17) is 26.8 Å². The monoisotopic (exact) mass is 315 g/mol. The van der Waals surface area contributed by atoms with E-state index in [1.807, 2.05) is 13.8 Å². The number of aromatic nitrogens is 1. The van der Waals surface area contributed by atoms with Crippen LogP contribution in [0.25, 0.3) is 0 Å². The number of carbonyl (C=O) groups is 1. The van der Waals surface area contributed by atoms with Gasteiger partial charge in [0.15, 0.2) is 0 Å². The molecular formula is C14H22ClN3O3. The number of hydrogen-bond donors (Lipinski definition) is 1. The Morgan fingerprint density at radius 1 is 1.29 bits per heavy atom. The molecule has 0 bridgehead atoms. The van der Waals surface area contributed by atoms with Crippen LogP contribution in [0.15, 0.2) is 12.3 Å². The quantitative estimate of drug-likeness (QED) is 0.555. The summed E-state index contributed by atoms with van der Waals surface area (Å²) in [4.78, 5) is 18.1. The molecule has 118 valence electrons. The van der Waals surface area contributed by atoms with Crippen LogP contribution in [0.4, 0.5) is 5.69 Å². The van der Waals surface area contributed by atoms with Crippen LogP contribution in [0.3, 0.4) is 0 Å². The zero-order chi connectivity index (χ0) is 15.7. The van der Waals surface area contributed by atoms with Crippen molar-refractivity contribution in [2.75, 3.05) is 45.3 Å². The van der Waals surface area contributed by atoms with E-state index >= 15 is 0 Å². The van der Waals surface area contributed by atoms with E-state index in [2.05, 4.69) is 4.98 Å². The van der Waals surface area contributed by atoms with E-state index in [-0.39, 0.29) is 11.1 Å². The molecule has 1 heterocycles. The molecule has 1 rings (SSSR count). The van der Waals surface area contributed by atoms with Crippen molar-refractivity contribution < 1.29 is 14.3 Å². The summed E-state index contributed by atoms with van der Waals surface area (Å²) in [6, 6.07) is 1.48. The second-order valence-corrected chi connectivity index (χ2v) is 4.67. The third-order valence-corrected chi connectivity index (χ3v) is 3.05. The Morgan fingerprint density at radius 2 is 1.86 bits per heavy atom. The summed E-state index contributed by atoms with van der Waals surface area (Å²) in [7, 11) is 0. The molecule has 0 radical (unpaired) electrons. The summed E-state index contributed by atoms with van der Waals surface area (Å²) in [6.45, 7) is 6.91. The average molecular weight is 316 g/mol. The second-order valence-electron chi connectivity index (χ2n) is 4.28. The lowest BCUT2D eigenvalue weighted by Gasteiger charge is -2.23. The third-order valence-electron chi connectivity index (χ3n) is 2.84. The molecular weight excluding hydrogens is 294 g/mol. The van der Waals surface area contributed by atoms with Crippen LogP contribution in [0.2, 0.25) is 5.15 Å². The molecule has 0 aliphatic heterocycles. The highest BCUT2D eigenvalue weighted by Crippen LogP contribution is 2.17. The molecule has 2 N–H and O–H groups in total. The van der Waals surface area contributed by atoms with Gasteiger partial charge in [-0.15, -0.1) is 0 Å². The molecule has 6 nitrogen and oxygen atoms in total. The van der Waals surface area contributed by atoms with Crippen molar-refractivity contribution in [1.82, 2.24) is 9.88 Å². The Balaban J connectivity index is 2.79. The lowest BCUT2D eigenvalue weighted by molar-refractivity contribution is 0.0551. The molecule has 0 unspecified atom stereocenters. The average Bonchev–Trinajstić information content (AvgIpc) is 2.48. The molecule has 0 saturated carbocycles. The van der Waals surface area contributed by atoms with Crippen molar-refractivity contribution in [2.45, 2.75) is 13.8 Å². The fraction of sp³-hybridized carbons (Fsp3) is 0.571. The minimum atomic E-state index is -0.198. The first-order valence-corrected chi connectivity index (χ1v) is 7.33. The highest BCUT2D eigenvalue weighted by Gasteiger charge is 2.18. The maximum Gasteiger partial charge on any atom is 0.256 e. The Morgan fingerprint density at radius 3 is 2.38 bits per heavy atom. The van der Waals surface area contributed by atoms with Gasteiger partial charge >= 0.3 is 0 Å². The van der Waals surface area contributed by atoms with Crippen LogP contribution in [0, 0.1) is 0 Å². The number of nitrogens with two attached hydrogens (primary N) is 1. The Bertz CT molecular complexity index is 447. The maximum absolute atomic E-state index is 12.6. The van der Waals surface area contributed by atoms with E-state index in [0.717, 1.165) is 0 Å². The number of ether oxygens (including phenoxy) is 2. The Kier molecular flexibility index (Phi) is 8.04. The van der Waals surface area contributed by atoms with E-state index in [1.165, 1.54) is 12.3 Å². The van der Waals surface area contributed by atoms with E-state index < -0.39 is 0 Å². The lowest BCUT2D eigenvalue weighted by atomic mass is 10.2. The minimum Gasteiger partial charge on any atom is -0.397 e. The molecule has 0 aliphatic carbocycles. The fourth-order valence-corrected chi connectivity index (χ4v) is 1.91. The number of rotatable bonds is 9. The van der Waals surface area contributed by atoms with E-state index in [1.54, 1.807) is 4.90 Å². The second kappa shape index (κ2) is 9.55. The van der Waals surface area contributed by atoms with Crippen LogP contribution in [0.1, 0.15) is 24.2 Å². The number of halogens is 1. The zero-order valence-electron chi connectivity index (χ0n) is 12.5. The van der Waals surface area contributed by atoms with Gasteiger partial charge in [-0.1, -0.05) is 11.6 Å². The predicted molar refractivity (Wildman–Crippen MR) is 82.5 cm³/mol. The molecule has 1 amide bonds. The molecule has 0 aliphatic rings. The molecule has 1 aromatic rings. The largest absolute Gasteiger partial charge is 0.397 e. The van der Waals surface area contributed by atoms with Crippen molar-refractivity contribution in [3.8, 4) is 0 Å². The normalized spacial score (nSPS) is 10.6. The highest BCUT2D eigenvalue weighted by molar-refractivity contribution is 6.29. The van der Waals surface area contributed by atoms with Crippen LogP contribution >= 0.6 is 11.6 Å². The van der Waals surface area contributed by atoms with Gasteiger partial charge in [0.25, 0.3) is 5.91 Å². The summed E-state index contributed by atoms with van der Waals surface area (Å²) < 4.78 is 10.6. The van der Waals surface area contributed by atoms with Gasteiger partial charge < -0.3 is 20.1 Å². The summed E-state index contributed by atoms with van der Waals surface area (Å²) in [5, 5.41) is 0.238. The lowest BCUT2D eigenvalue weighted by Crippen LogP contribution is -2.37. The summed E-state index contributed by atoms with van der Waals surface area (Å²) in [5.41, 5.74) is 6.46. The zero-order valence-corrected chi connectivity index (χ0v) is 13.2. The standard InChI is InChI=1S/C14H22ClN3O3/c1-3-20-7-5-18(6-8-21-4-2)14(19)11-9-13(15)17-10-12(11)16/h9-10H,3-8,16H2,1-2H3. The van der Waals surface area contributed by atoms with Crippen LogP contribution < -0.4 is 5.73 Å². The first-order chi connectivity index (χ1) is 10.1. The van der Waals surface area contributed by atoms with Crippen molar-refractivity contribution in [3.63, 3.8) is 0 Å². The summed E-state index contributed by atoms with van der Waals surface area (Å²) >= 11 is 5.83. The Labute approximate surface area is 130 Å². The summed E-state index contributed by atoms with van der Waals surface area (Å²) in [5.74, 6) is -0.198. The van der Waals surface area contributed by atoms with Gasteiger partial charge in [-0.05, 0) is 19.9 Å². The van der Waals surface area contributed by atoms with Gasteiger partial charge in [-0.2, -0.15) is 0 Å². The molecule has 0 fully saturated rings. The first kappa shape index (κ1) is 17.7. The minimum absolute atomic E-state index is 0.198. The van der Waals surface area contributed by atoms with Crippen molar-refractivity contribution in [3.05, 3.63) is 23.0 Å². The van der Waals surface area contributed by atoms with E-state index in [9.17, 15) is 4.79 Å². The van der Waals surface area contributed by atoms with E-state index in [0.29, 0.717) is 50.8 Å². The number of hydrogen-bond acceptors (Lipinski definition) is 5. The highest BCUT2D eigenvalue weighted by atomic mass is 35.5. The smallest absolute Gasteiger partial charge is 0.256 e. The topological polar surface area (TPSA) is 77.7 Å². The van der Waals surface area contributed by atoms with Gasteiger partial charge in [0.2, 0.25) is 0 Å². The van der Waals surface area contributed by atoms with Crippen LogP contribution in [-0.2, 0) is 9.47 Å². The molecule has 0 spiro atoms. The fourth-order valence-electron chi connectivity index (χ4n) is 1.75. The van der Waals surface area contributed by atoms with Gasteiger partial charge in [-0.3, -0.25) is 4.79 Å². The van der Waals surface area contributed by atoms with Crippen LogP contribution in [0.5, 0.6) is 0 Å². The van der Waals surface area contributed by atoms with Gasteiger partial charge in [0.05, 0.1) is 30.7 Å². The van der Waals surface area contributed by atoms with Gasteiger partial charge in [-0.25, -0.2) is 4.98 Å². The molecule has 7 heteroatoms. The Hall–Kier alpha value is -1.37. The predicted octanol–water partition coefficient (Wildman–Crippen LogP) is 1.83. The number of nitrogens with zero attached hydrogens (tertiary/aromatic N) is 2. The van der Waals surface area contributed by atoms with Crippen molar-refractivity contribution in [2.24, 2.45) is 0 Å². The summed E-state index contributed by atoms with van der Waals surface area (Å²) in [6.07, 6.45) is 1.39. The molecule has 0 atom stereocenters. The molecule has 21 heavy (non-hydrogen) atoms.